The predicted octanol–water partition coefficient (Wildman–Crippen LogP) is 4.98. The van der Waals surface area contributed by atoms with Gasteiger partial charge in [0.1, 0.15) is 0 Å². The summed E-state index contributed by atoms with van der Waals surface area (Å²) in [6.45, 7) is 4.45. The molecule has 0 amide bonds. The largest absolute Gasteiger partial charge is 0.225 e. The van der Waals surface area contributed by atoms with Crippen LogP contribution in [0.3, 0.4) is 0 Å². The maximum absolute atomic E-state index is 5.82. The molecule has 0 saturated carbocycles. The van der Waals surface area contributed by atoms with Gasteiger partial charge in [0.25, 0.3) is 0 Å². The molecule has 1 heterocycles. The van der Waals surface area contributed by atoms with Crippen molar-refractivity contribution in [3.63, 3.8) is 0 Å². The number of hydrogen-bond acceptors (Lipinski definition) is 2. The SMILES string of the molecule is CCC(C)c1ccc(-c2csc(Cl)n2)cc1. The zero-order valence-electron chi connectivity index (χ0n) is 9.40. The number of thiazole rings is 1. The first-order valence-corrected chi connectivity index (χ1v) is 6.68. The fourth-order valence-corrected chi connectivity index (χ4v) is 2.38. The fourth-order valence-electron chi connectivity index (χ4n) is 1.60. The van der Waals surface area contributed by atoms with Gasteiger partial charge in [-0.15, -0.1) is 11.3 Å². The van der Waals surface area contributed by atoms with E-state index in [1.165, 1.54) is 23.3 Å². The lowest BCUT2D eigenvalue weighted by atomic mass is 9.97. The van der Waals surface area contributed by atoms with E-state index < -0.39 is 0 Å². The Morgan fingerprint density at radius 2 is 2.00 bits per heavy atom. The highest BCUT2D eigenvalue weighted by molar-refractivity contribution is 7.14. The second-order valence-electron chi connectivity index (χ2n) is 3.92. The van der Waals surface area contributed by atoms with Crippen LogP contribution in [-0.4, -0.2) is 4.98 Å². The van der Waals surface area contributed by atoms with E-state index >= 15 is 0 Å². The Labute approximate surface area is 105 Å². The maximum Gasteiger partial charge on any atom is 0.184 e. The molecular weight excluding hydrogens is 238 g/mol. The van der Waals surface area contributed by atoms with Gasteiger partial charge in [0, 0.05) is 10.9 Å². The first-order chi connectivity index (χ1) is 7.70. The maximum atomic E-state index is 5.82. The molecule has 16 heavy (non-hydrogen) atoms. The highest BCUT2D eigenvalue weighted by Gasteiger charge is 2.05. The second-order valence-corrected chi connectivity index (χ2v) is 5.36. The lowest BCUT2D eigenvalue weighted by molar-refractivity contribution is 0.734. The molecule has 1 atom stereocenters. The van der Waals surface area contributed by atoms with Gasteiger partial charge in [-0.05, 0) is 17.9 Å². The molecule has 2 aromatic rings. The van der Waals surface area contributed by atoms with Crippen molar-refractivity contribution in [3.8, 4) is 11.3 Å². The molecule has 0 spiro atoms. The van der Waals surface area contributed by atoms with E-state index in [9.17, 15) is 0 Å². The molecule has 1 nitrogen and oxygen atoms in total. The van der Waals surface area contributed by atoms with Crippen LogP contribution in [0.1, 0.15) is 31.7 Å². The number of hydrogen-bond donors (Lipinski definition) is 0. The Hall–Kier alpha value is -0.860. The highest BCUT2D eigenvalue weighted by atomic mass is 35.5. The summed E-state index contributed by atoms with van der Waals surface area (Å²) >= 11 is 7.29. The molecule has 0 bridgehead atoms. The first-order valence-electron chi connectivity index (χ1n) is 5.42. The summed E-state index contributed by atoms with van der Waals surface area (Å²) < 4.78 is 0.598. The van der Waals surface area contributed by atoms with E-state index in [4.69, 9.17) is 11.6 Å². The van der Waals surface area contributed by atoms with Crippen LogP contribution in [-0.2, 0) is 0 Å². The molecule has 1 aromatic carbocycles. The van der Waals surface area contributed by atoms with Crippen LogP contribution < -0.4 is 0 Å². The van der Waals surface area contributed by atoms with E-state index in [2.05, 4.69) is 43.1 Å². The third-order valence-electron chi connectivity index (χ3n) is 2.86. The molecule has 0 aliphatic heterocycles. The Morgan fingerprint density at radius 1 is 1.31 bits per heavy atom. The van der Waals surface area contributed by atoms with E-state index in [1.54, 1.807) is 0 Å². The van der Waals surface area contributed by atoms with Gasteiger partial charge in [-0.2, -0.15) is 0 Å². The van der Waals surface area contributed by atoms with Crippen LogP contribution in [0.4, 0.5) is 0 Å². The van der Waals surface area contributed by atoms with Gasteiger partial charge in [0.2, 0.25) is 0 Å². The van der Waals surface area contributed by atoms with Gasteiger partial charge in [-0.1, -0.05) is 49.7 Å². The van der Waals surface area contributed by atoms with Crippen molar-refractivity contribution in [1.29, 1.82) is 0 Å². The molecule has 0 N–H and O–H groups in total. The van der Waals surface area contributed by atoms with E-state index in [0.717, 1.165) is 11.3 Å². The number of aromatic nitrogens is 1. The summed E-state index contributed by atoms with van der Waals surface area (Å²) in [6, 6.07) is 8.59. The second kappa shape index (κ2) is 4.98. The molecule has 0 radical (unpaired) electrons. The van der Waals surface area contributed by atoms with Gasteiger partial charge in [-0.25, -0.2) is 4.98 Å². The smallest absolute Gasteiger partial charge is 0.184 e. The average Bonchev–Trinajstić information content (AvgIpc) is 2.75. The molecule has 1 unspecified atom stereocenters. The normalized spacial score (nSPS) is 12.7. The van der Waals surface area contributed by atoms with Crippen molar-refractivity contribution in [2.24, 2.45) is 0 Å². The number of rotatable bonds is 3. The van der Waals surface area contributed by atoms with Crippen LogP contribution in [0, 0.1) is 0 Å². The standard InChI is InChI=1S/C13H14ClNS/c1-3-9(2)10-4-6-11(7-5-10)12-8-16-13(14)15-12/h4-9H,3H2,1-2H3. The topological polar surface area (TPSA) is 12.9 Å². The first kappa shape index (κ1) is 11.6. The third kappa shape index (κ3) is 2.45. The van der Waals surface area contributed by atoms with Gasteiger partial charge < -0.3 is 0 Å². The molecular formula is C13H14ClNS. The van der Waals surface area contributed by atoms with Crippen LogP contribution in [0.15, 0.2) is 29.6 Å². The Bertz CT molecular complexity index is 461. The van der Waals surface area contributed by atoms with Crippen molar-refractivity contribution >= 4 is 22.9 Å². The van der Waals surface area contributed by atoms with E-state index in [-0.39, 0.29) is 0 Å². The Balaban J connectivity index is 2.25. The summed E-state index contributed by atoms with van der Waals surface area (Å²) in [7, 11) is 0. The van der Waals surface area contributed by atoms with Crippen molar-refractivity contribution in [3.05, 3.63) is 39.7 Å². The van der Waals surface area contributed by atoms with Crippen LogP contribution in [0.5, 0.6) is 0 Å². The molecule has 84 valence electrons. The molecule has 3 heteroatoms. The lowest BCUT2D eigenvalue weighted by Gasteiger charge is -2.08. The van der Waals surface area contributed by atoms with Gasteiger partial charge in [0.05, 0.1) is 5.69 Å². The molecule has 1 aromatic heterocycles. The summed E-state index contributed by atoms with van der Waals surface area (Å²) in [5, 5.41) is 1.99. The molecule has 0 aliphatic rings. The summed E-state index contributed by atoms with van der Waals surface area (Å²) in [4.78, 5) is 4.26. The molecule has 0 fully saturated rings. The van der Waals surface area contributed by atoms with Crippen LogP contribution in [0.2, 0.25) is 4.47 Å². The molecule has 0 aliphatic carbocycles. The number of halogens is 1. The van der Waals surface area contributed by atoms with Gasteiger partial charge in [-0.3, -0.25) is 0 Å². The summed E-state index contributed by atoms with van der Waals surface area (Å²) in [5.74, 6) is 0.619. The molecule has 0 saturated heterocycles. The van der Waals surface area contributed by atoms with Gasteiger partial charge in [0.15, 0.2) is 4.47 Å². The minimum Gasteiger partial charge on any atom is -0.225 e. The predicted molar refractivity (Wildman–Crippen MR) is 71.3 cm³/mol. The van der Waals surface area contributed by atoms with Crippen molar-refractivity contribution in [2.75, 3.05) is 0 Å². The fraction of sp³-hybridized carbons (Fsp3) is 0.308. The van der Waals surface area contributed by atoms with Crippen molar-refractivity contribution in [1.82, 2.24) is 4.98 Å². The third-order valence-corrected chi connectivity index (χ3v) is 3.84. The van der Waals surface area contributed by atoms with Crippen LogP contribution in [0.25, 0.3) is 11.3 Å². The van der Waals surface area contributed by atoms with E-state index in [1.807, 2.05) is 5.38 Å². The average molecular weight is 252 g/mol. The Kier molecular flexibility index (Phi) is 3.62. The van der Waals surface area contributed by atoms with Gasteiger partial charge >= 0.3 is 0 Å². The van der Waals surface area contributed by atoms with Crippen LogP contribution >= 0.6 is 22.9 Å². The number of benzene rings is 1. The zero-order chi connectivity index (χ0) is 11.5. The lowest BCUT2D eigenvalue weighted by Crippen LogP contribution is -1.90. The van der Waals surface area contributed by atoms with Crippen molar-refractivity contribution in [2.45, 2.75) is 26.2 Å². The molecule has 2 rings (SSSR count). The minimum atomic E-state index is 0.598. The van der Waals surface area contributed by atoms with Crippen molar-refractivity contribution < 1.29 is 0 Å². The summed E-state index contributed by atoms with van der Waals surface area (Å²) in [6.07, 6.45) is 1.17. The highest BCUT2D eigenvalue weighted by Crippen LogP contribution is 2.26. The zero-order valence-corrected chi connectivity index (χ0v) is 11.0. The quantitative estimate of drug-likeness (QED) is 0.750. The summed E-state index contributed by atoms with van der Waals surface area (Å²) in [5.41, 5.74) is 3.48. The monoisotopic (exact) mass is 251 g/mol. The van der Waals surface area contributed by atoms with E-state index in [0.29, 0.717) is 10.4 Å². The minimum absolute atomic E-state index is 0.598. The number of nitrogens with zero attached hydrogens (tertiary/aromatic N) is 1. The Morgan fingerprint density at radius 3 is 2.50 bits per heavy atom.